The van der Waals surface area contributed by atoms with Gasteiger partial charge in [0.15, 0.2) is 5.58 Å². The van der Waals surface area contributed by atoms with Gasteiger partial charge in [0.25, 0.3) is 0 Å². The van der Waals surface area contributed by atoms with Crippen molar-refractivity contribution in [1.82, 2.24) is 9.97 Å². The van der Waals surface area contributed by atoms with E-state index in [0.717, 1.165) is 44.4 Å². The molecule has 0 N–H and O–H groups in total. The molecule has 0 spiro atoms. The monoisotopic (exact) mass is 440 g/mol. The molecule has 0 atom stereocenters. The highest BCUT2D eigenvalue weighted by Crippen LogP contribution is 2.38. The zero-order valence-corrected chi connectivity index (χ0v) is 19.2. The van der Waals surface area contributed by atoms with Crippen LogP contribution in [0.4, 0.5) is 0 Å². The summed E-state index contributed by atoms with van der Waals surface area (Å²) in [5.74, 6) is 1.07. The number of aromatic nitrogens is 2. The second kappa shape index (κ2) is 8.27. The Hall–Kier alpha value is -4.24. The second-order valence-electron chi connectivity index (χ2n) is 8.92. The third kappa shape index (κ3) is 3.56. The van der Waals surface area contributed by atoms with Gasteiger partial charge in [-0.15, -0.1) is 0 Å². The summed E-state index contributed by atoms with van der Waals surface area (Å²) in [5, 5.41) is 2.33. The number of hydrogen-bond acceptors (Lipinski definition) is 3. The van der Waals surface area contributed by atoms with Crippen molar-refractivity contribution in [2.75, 3.05) is 0 Å². The molecule has 0 radical (unpaired) electrons. The van der Waals surface area contributed by atoms with Crippen LogP contribution < -0.4 is 0 Å². The quantitative estimate of drug-likeness (QED) is 0.276. The molecule has 0 fully saturated rings. The molecule has 3 heteroatoms. The van der Waals surface area contributed by atoms with Crippen molar-refractivity contribution >= 4 is 21.9 Å². The zero-order valence-electron chi connectivity index (χ0n) is 19.2. The van der Waals surface area contributed by atoms with E-state index >= 15 is 0 Å². The van der Waals surface area contributed by atoms with Gasteiger partial charge >= 0.3 is 0 Å². The number of pyridine rings is 1. The molecule has 0 saturated carbocycles. The summed E-state index contributed by atoms with van der Waals surface area (Å²) >= 11 is 0. The first kappa shape index (κ1) is 20.4. The minimum atomic E-state index is 0.448. The lowest BCUT2D eigenvalue weighted by Gasteiger charge is -2.11. The van der Waals surface area contributed by atoms with Crippen molar-refractivity contribution in [2.45, 2.75) is 19.8 Å². The largest absolute Gasteiger partial charge is 0.435 e. The van der Waals surface area contributed by atoms with Crippen LogP contribution in [0.25, 0.3) is 55.7 Å². The first-order valence-electron chi connectivity index (χ1n) is 11.6. The minimum Gasteiger partial charge on any atom is -0.435 e. The van der Waals surface area contributed by atoms with Gasteiger partial charge in [-0.2, -0.15) is 0 Å². The summed E-state index contributed by atoms with van der Waals surface area (Å²) in [7, 11) is 0. The smallest absolute Gasteiger partial charge is 0.227 e. The molecule has 0 saturated heterocycles. The van der Waals surface area contributed by atoms with Crippen LogP contribution in [0, 0.1) is 0 Å². The minimum absolute atomic E-state index is 0.448. The van der Waals surface area contributed by atoms with Crippen LogP contribution in [0.2, 0.25) is 0 Å². The first-order valence-corrected chi connectivity index (χ1v) is 11.6. The van der Waals surface area contributed by atoms with Gasteiger partial charge in [0, 0.05) is 28.3 Å². The Morgan fingerprint density at radius 2 is 1.44 bits per heavy atom. The lowest BCUT2D eigenvalue weighted by atomic mass is 9.95. The molecule has 2 heterocycles. The van der Waals surface area contributed by atoms with E-state index in [4.69, 9.17) is 14.4 Å². The standard InChI is InChI=1S/C31H24N2O/c1-20(2)24-14-13-22-15-16-32-29(26(22)17-24)25-18-27(21-9-5-3-6-10-21)30-28(19-25)33-31(34-30)23-11-7-4-8-12-23/h3-20H,1-2H3. The highest BCUT2D eigenvalue weighted by molar-refractivity contribution is 6.00. The van der Waals surface area contributed by atoms with Crippen LogP contribution in [0.1, 0.15) is 25.3 Å². The van der Waals surface area contributed by atoms with Crippen LogP contribution in [-0.2, 0) is 0 Å². The van der Waals surface area contributed by atoms with E-state index in [1.54, 1.807) is 0 Å². The number of oxazole rings is 1. The third-order valence-electron chi connectivity index (χ3n) is 6.33. The van der Waals surface area contributed by atoms with Gasteiger partial charge in [0.2, 0.25) is 5.89 Å². The van der Waals surface area contributed by atoms with E-state index in [2.05, 4.69) is 62.4 Å². The zero-order chi connectivity index (χ0) is 23.1. The molecule has 0 bridgehead atoms. The number of hydrogen-bond donors (Lipinski definition) is 0. The van der Waals surface area contributed by atoms with Crippen LogP contribution in [0.15, 0.2) is 108 Å². The molecular weight excluding hydrogens is 416 g/mol. The molecule has 6 aromatic rings. The maximum absolute atomic E-state index is 6.34. The van der Waals surface area contributed by atoms with Crippen LogP contribution >= 0.6 is 0 Å². The molecule has 0 aliphatic carbocycles. The molecular formula is C31H24N2O. The van der Waals surface area contributed by atoms with Gasteiger partial charge in [0.05, 0.1) is 5.69 Å². The summed E-state index contributed by atoms with van der Waals surface area (Å²) in [6.07, 6.45) is 1.89. The second-order valence-corrected chi connectivity index (χ2v) is 8.92. The Morgan fingerprint density at radius 3 is 2.18 bits per heavy atom. The highest BCUT2D eigenvalue weighted by atomic mass is 16.3. The SMILES string of the molecule is CC(C)c1ccc2ccnc(-c3cc(-c4ccccc4)c4oc(-c5ccccc5)nc4c3)c2c1. The van der Waals surface area contributed by atoms with Gasteiger partial charge in [-0.3, -0.25) is 4.98 Å². The van der Waals surface area contributed by atoms with E-state index in [9.17, 15) is 0 Å². The molecule has 164 valence electrons. The topological polar surface area (TPSA) is 38.9 Å². The maximum atomic E-state index is 6.34. The summed E-state index contributed by atoms with van der Waals surface area (Å²) in [6.45, 7) is 4.44. The van der Waals surface area contributed by atoms with Crippen molar-refractivity contribution in [3.8, 4) is 33.8 Å². The molecule has 2 aromatic heterocycles. The average molecular weight is 441 g/mol. The van der Waals surface area contributed by atoms with Crippen LogP contribution in [0.3, 0.4) is 0 Å². The van der Waals surface area contributed by atoms with E-state index in [1.165, 1.54) is 10.9 Å². The molecule has 3 nitrogen and oxygen atoms in total. The molecule has 0 unspecified atom stereocenters. The van der Waals surface area contributed by atoms with Crippen molar-refractivity contribution in [1.29, 1.82) is 0 Å². The Labute approximate surface area is 198 Å². The molecule has 4 aromatic carbocycles. The van der Waals surface area contributed by atoms with Crippen LogP contribution in [0.5, 0.6) is 0 Å². The first-order chi connectivity index (χ1) is 16.7. The van der Waals surface area contributed by atoms with E-state index in [1.807, 2.05) is 54.7 Å². The highest BCUT2D eigenvalue weighted by Gasteiger charge is 2.17. The normalized spacial score (nSPS) is 11.5. The van der Waals surface area contributed by atoms with Crippen molar-refractivity contribution in [2.24, 2.45) is 0 Å². The fourth-order valence-corrected chi connectivity index (χ4v) is 4.48. The predicted octanol–water partition coefficient (Wildman–Crippen LogP) is 8.50. The van der Waals surface area contributed by atoms with E-state index < -0.39 is 0 Å². The summed E-state index contributed by atoms with van der Waals surface area (Å²) in [4.78, 5) is 9.71. The Balaban J connectivity index is 1.63. The van der Waals surface area contributed by atoms with Gasteiger partial charge < -0.3 is 4.42 Å². The summed E-state index contributed by atoms with van der Waals surface area (Å²) < 4.78 is 6.34. The van der Waals surface area contributed by atoms with E-state index in [0.29, 0.717) is 11.8 Å². The van der Waals surface area contributed by atoms with Crippen molar-refractivity contribution < 1.29 is 4.42 Å². The van der Waals surface area contributed by atoms with Gasteiger partial charge in [0.1, 0.15) is 5.52 Å². The number of rotatable bonds is 4. The van der Waals surface area contributed by atoms with Gasteiger partial charge in [-0.1, -0.05) is 74.5 Å². The van der Waals surface area contributed by atoms with Crippen molar-refractivity contribution in [3.63, 3.8) is 0 Å². The number of nitrogens with zero attached hydrogens (tertiary/aromatic N) is 2. The molecule has 0 amide bonds. The van der Waals surface area contributed by atoms with Crippen molar-refractivity contribution in [3.05, 3.63) is 109 Å². The average Bonchev–Trinajstić information content (AvgIpc) is 3.33. The third-order valence-corrected chi connectivity index (χ3v) is 6.33. The molecule has 0 aliphatic heterocycles. The lowest BCUT2D eigenvalue weighted by molar-refractivity contribution is 0.621. The molecule has 6 rings (SSSR count). The van der Waals surface area contributed by atoms with Crippen LogP contribution in [-0.4, -0.2) is 9.97 Å². The van der Waals surface area contributed by atoms with Gasteiger partial charge in [-0.25, -0.2) is 4.98 Å². The predicted molar refractivity (Wildman–Crippen MR) is 140 cm³/mol. The Bertz CT molecular complexity index is 1620. The Kier molecular flexibility index (Phi) is 4.96. The fourth-order valence-electron chi connectivity index (χ4n) is 4.48. The fraction of sp³-hybridized carbons (Fsp3) is 0.0968. The molecule has 34 heavy (non-hydrogen) atoms. The van der Waals surface area contributed by atoms with E-state index in [-0.39, 0.29) is 0 Å². The number of benzene rings is 4. The Morgan fingerprint density at radius 1 is 0.706 bits per heavy atom. The lowest BCUT2D eigenvalue weighted by Crippen LogP contribution is -1.91. The summed E-state index contributed by atoms with van der Waals surface area (Å²) in [6, 6.07) is 33.4. The van der Waals surface area contributed by atoms with Gasteiger partial charge in [-0.05, 0) is 58.8 Å². The number of fused-ring (bicyclic) bond motifs is 2. The maximum Gasteiger partial charge on any atom is 0.227 e. The molecule has 0 aliphatic rings. The summed E-state index contributed by atoms with van der Waals surface area (Å²) in [5.41, 5.74) is 7.98.